The van der Waals surface area contributed by atoms with Gasteiger partial charge in [0.25, 0.3) is 0 Å². The molecule has 0 amide bonds. The highest BCUT2D eigenvalue weighted by Gasteiger charge is 2.04. The Balaban J connectivity index is 2.61. The number of aromatic nitrogens is 2. The average Bonchev–Trinajstić information content (AvgIpc) is 2.51. The van der Waals surface area contributed by atoms with Gasteiger partial charge in [0, 0.05) is 6.54 Å². The van der Waals surface area contributed by atoms with E-state index in [9.17, 15) is 0 Å². The molecule has 0 saturated carbocycles. The lowest BCUT2D eigenvalue weighted by atomic mass is 10.2. The molecule has 0 bridgehead atoms. The maximum Gasteiger partial charge on any atom is 0.115 e. The van der Waals surface area contributed by atoms with Crippen LogP contribution in [0.4, 0.5) is 11.4 Å². The van der Waals surface area contributed by atoms with Crippen molar-refractivity contribution >= 4 is 22.4 Å². The summed E-state index contributed by atoms with van der Waals surface area (Å²) in [5.41, 5.74) is 17.5. The van der Waals surface area contributed by atoms with Crippen molar-refractivity contribution in [1.29, 1.82) is 0 Å². The Hall–Kier alpha value is -1.91. The molecule has 1 heterocycles. The monoisotopic (exact) mass is 191 g/mol. The molecule has 0 aliphatic rings. The van der Waals surface area contributed by atoms with Crippen LogP contribution in [0.5, 0.6) is 0 Å². The highest BCUT2D eigenvalue weighted by molar-refractivity contribution is 5.86. The molecule has 0 radical (unpaired) electrons. The van der Waals surface area contributed by atoms with Crippen molar-refractivity contribution in [2.24, 2.45) is 0 Å². The SMILES string of the molecule is CCNn1cnc2cc(N)c(N)cc21. The minimum atomic E-state index is 0.569. The van der Waals surface area contributed by atoms with Crippen LogP contribution in [-0.2, 0) is 0 Å². The van der Waals surface area contributed by atoms with Crippen molar-refractivity contribution < 1.29 is 0 Å². The van der Waals surface area contributed by atoms with Crippen LogP contribution in [0.1, 0.15) is 6.92 Å². The van der Waals surface area contributed by atoms with Crippen molar-refractivity contribution in [1.82, 2.24) is 9.66 Å². The van der Waals surface area contributed by atoms with Crippen LogP contribution in [-0.4, -0.2) is 16.2 Å². The predicted octanol–water partition coefficient (Wildman–Crippen LogP) is 0.764. The first-order valence-corrected chi connectivity index (χ1v) is 4.48. The highest BCUT2D eigenvalue weighted by Crippen LogP contribution is 2.21. The Morgan fingerprint density at radius 3 is 2.79 bits per heavy atom. The van der Waals surface area contributed by atoms with E-state index < -0.39 is 0 Å². The minimum Gasteiger partial charge on any atom is -0.397 e. The van der Waals surface area contributed by atoms with Gasteiger partial charge in [-0.3, -0.25) is 0 Å². The molecule has 5 N–H and O–H groups in total. The number of hydrogen-bond acceptors (Lipinski definition) is 4. The summed E-state index contributed by atoms with van der Waals surface area (Å²) in [6, 6.07) is 3.60. The Kier molecular flexibility index (Phi) is 1.92. The van der Waals surface area contributed by atoms with Gasteiger partial charge in [0.05, 0.1) is 22.4 Å². The van der Waals surface area contributed by atoms with E-state index in [2.05, 4.69) is 10.4 Å². The first-order chi connectivity index (χ1) is 6.72. The molecule has 0 saturated heterocycles. The van der Waals surface area contributed by atoms with Crippen LogP contribution in [0.15, 0.2) is 18.5 Å². The zero-order valence-corrected chi connectivity index (χ0v) is 7.99. The second-order valence-electron chi connectivity index (χ2n) is 3.10. The first kappa shape index (κ1) is 8.68. The van der Waals surface area contributed by atoms with Crippen LogP contribution in [0, 0.1) is 0 Å². The molecule has 0 spiro atoms. The molecular formula is C9H13N5. The summed E-state index contributed by atoms with van der Waals surface area (Å²) >= 11 is 0. The first-order valence-electron chi connectivity index (χ1n) is 4.48. The van der Waals surface area contributed by atoms with Crippen molar-refractivity contribution in [3.8, 4) is 0 Å². The zero-order valence-electron chi connectivity index (χ0n) is 7.99. The van der Waals surface area contributed by atoms with Gasteiger partial charge in [-0.15, -0.1) is 0 Å². The molecule has 1 aromatic heterocycles. The van der Waals surface area contributed by atoms with Gasteiger partial charge in [0.2, 0.25) is 0 Å². The maximum atomic E-state index is 5.72. The molecule has 5 heteroatoms. The number of fused-ring (bicyclic) bond motifs is 1. The van der Waals surface area contributed by atoms with Gasteiger partial charge in [-0.25, -0.2) is 9.66 Å². The zero-order chi connectivity index (χ0) is 10.1. The molecule has 0 fully saturated rings. The minimum absolute atomic E-state index is 0.569. The normalized spacial score (nSPS) is 10.6. The number of nitrogen functional groups attached to an aromatic ring is 2. The molecule has 1 aromatic carbocycles. The standard InChI is InChI=1S/C9H13N5/c1-2-13-14-5-12-8-3-6(10)7(11)4-9(8)14/h3-5,13H,2,10-11H2,1H3. The van der Waals surface area contributed by atoms with Gasteiger partial charge in [-0.05, 0) is 19.1 Å². The lowest BCUT2D eigenvalue weighted by molar-refractivity contribution is 0.888. The molecule has 2 aromatic rings. The summed E-state index contributed by atoms with van der Waals surface area (Å²) in [6.07, 6.45) is 1.72. The molecule has 2 rings (SSSR count). The van der Waals surface area contributed by atoms with E-state index in [1.165, 1.54) is 0 Å². The lowest BCUT2D eigenvalue weighted by Gasteiger charge is -2.05. The largest absolute Gasteiger partial charge is 0.397 e. The van der Waals surface area contributed by atoms with Crippen LogP contribution in [0.3, 0.4) is 0 Å². The predicted molar refractivity (Wildman–Crippen MR) is 58.5 cm³/mol. The topological polar surface area (TPSA) is 81.9 Å². The van der Waals surface area contributed by atoms with E-state index in [1.54, 1.807) is 12.4 Å². The molecule has 74 valence electrons. The number of benzene rings is 1. The molecule has 14 heavy (non-hydrogen) atoms. The van der Waals surface area contributed by atoms with E-state index in [1.807, 2.05) is 17.7 Å². The van der Waals surface area contributed by atoms with Gasteiger partial charge in [-0.1, -0.05) is 0 Å². The second kappa shape index (κ2) is 3.10. The number of nitrogens with one attached hydrogen (secondary N) is 1. The summed E-state index contributed by atoms with van der Waals surface area (Å²) < 4.78 is 1.84. The number of nitrogens with zero attached hydrogens (tertiary/aromatic N) is 2. The fourth-order valence-electron chi connectivity index (χ4n) is 1.38. The van der Waals surface area contributed by atoms with Gasteiger partial charge < -0.3 is 16.9 Å². The fraction of sp³-hybridized carbons (Fsp3) is 0.222. The number of rotatable bonds is 2. The van der Waals surface area contributed by atoms with Gasteiger partial charge in [0.1, 0.15) is 6.33 Å². The molecular weight excluding hydrogens is 178 g/mol. The fourth-order valence-corrected chi connectivity index (χ4v) is 1.38. The molecule has 0 aliphatic heterocycles. The molecule has 0 aliphatic carbocycles. The van der Waals surface area contributed by atoms with E-state index in [-0.39, 0.29) is 0 Å². The molecule has 5 nitrogen and oxygen atoms in total. The van der Waals surface area contributed by atoms with Crippen LogP contribution < -0.4 is 16.9 Å². The van der Waals surface area contributed by atoms with Gasteiger partial charge >= 0.3 is 0 Å². The van der Waals surface area contributed by atoms with Crippen molar-refractivity contribution in [3.05, 3.63) is 18.5 Å². The lowest BCUT2D eigenvalue weighted by Crippen LogP contribution is -2.12. The third-order valence-electron chi connectivity index (χ3n) is 2.08. The van der Waals surface area contributed by atoms with E-state index >= 15 is 0 Å². The quantitative estimate of drug-likeness (QED) is 0.612. The molecule has 0 unspecified atom stereocenters. The summed E-state index contributed by atoms with van der Waals surface area (Å²) in [4.78, 5) is 4.20. The Labute approximate surface area is 81.7 Å². The Morgan fingerprint density at radius 1 is 1.36 bits per heavy atom. The number of imidazole rings is 1. The number of anilines is 2. The van der Waals surface area contributed by atoms with E-state index in [0.717, 1.165) is 17.6 Å². The third-order valence-corrected chi connectivity index (χ3v) is 2.08. The number of hydrogen-bond donors (Lipinski definition) is 3. The smallest absolute Gasteiger partial charge is 0.115 e. The van der Waals surface area contributed by atoms with Crippen LogP contribution in [0.2, 0.25) is 0 Å². The van der Waals surface area contributed by atoms with Crippen molar-refractivity contribution in [2.45, 2.75) is 6.92 Å². The van der Waals surface area contributed by atoms with Crippen LogP contribution in [0.25, 0.3) is 11.0 Å². The van der Waals surface area contributed by atoms with Crippen molar-refractivity contribution in [2.75, 3.05) is 23.4 Å². The van der Waals surface area contributed by atoms with E-state index in [0.29, 0.717) is 11.4 Å². The summed E-state index contributed by atoms with van der Waals surface area (Å²) in [5, 5.41) is 0. The van der Waals surface area contributed by atoms with Gasteiger partial charge in [0.15, 0.2) is 0 Å². The maximum absolute atomic E-state index is 5.72. The Bertz CT molecular complexity index is 459. The summed E-state index contributed by atoms with van der Waals surface area (Å²) in [7, 11) is 0. The summed E-state index contributed by atoms with van der Waals surface area (Å²) in [5.74, 6) is 0. The van der Waals surface area contributed by atoms with E-state index in [4.69, 9.17) is 11.5 Å². The summed E-state index contributed by atoms with van der Waals surface area (Å²) in [6.45, 7) is 2.85. The van der Waals surface area contributed by atoms with Gasteiger partial charge in [-0.2, -0.15) is 0 Å². The third kappa shape index (κ3) is 1.22. The molecule has 0 atom stereocenters. The number of nitrogens with two attached hydrogens (primary N) is 2. The van der Waals surface area contributed by atoms with Crippen LogP contribution >= 0.6 is 0 Å². The van der Waals surface area contributed by atoms with Crippen molar-refractivity contribution in [3.63, 3.8) is 0 Å². The Morgan fingerprint density at radius 2 is 2.07 bits per heavy atom. The average molecular weight is 191 g/mol. The second-order valence-corrected chi connectivity index (χ2v) is 3.10. The highest BCUT2D eigenvalue weighted by atomic mass is 15.4.